The number of hydrogen-bond acceptors (Lipinski definition) is 4. The maximum Gasteiger partial charge on any atom is 0.412 e. The monoisotopic (exact) mass is 306 g/mol. The van der Waals surface area contributed by atoms with Crippen LogP contribution in [0.15, 0.2) is 12.7 Å². The molecular weight excluding hydrogens is 289 g/mol. The number of nitrogens with one attached hydrogen (secondary N) is 1. The highest BCUT2D eigenvalue weighted by Gasteiger charge is 2.43. The molecule has 118 valence electrons. The summed E-state index contributed by atoms with van der Waals surface area (Å²) in [5, 5.41) is 5.84. The van der Waals surface area contributed by atoms with E-state index >= 15 is 0 Å². The Balaban J connectivity index is 1.98. The maximum atomic E-state index is 13.0. The van der Waals surface area contributed by atoms with Crippen LogP contribution < -0.4 is 5.32 Å². The average molecular weight is 306 g/mol. The second kappa shape index (κ2) is 6.00. The first-order valence-electron chi connectivity index (χ1n) is 6.63. The lowest BCUT2D eigenvalue weighted by Crippen LogP contribution is -2.42. The smallest absolute Gasteiger partial charge is 0.375 e. The summed E-state index contributed by atoms with van der Waals surface area (Å²) >= 11 is 0. The summed E-state index contributed by atoms with van der Waals surface area (Å²) < 4.78 is 45.1. The molecule has 1 fully saturated rings. The van der Waals surface area contributed by atoms with Gasteiger partial charge in [-0.1, -0.05) is 0 Å². The first kappa shape index (κ1) is 15.7. The van der Waals surface area contributed by atoms with Gasteiger partial charge in [0, 0.05) is 6.54 Å². The molecule has 0 spiro atoms. The minimum atomic E-state index is -4.52. The van der Waals surface area contributed by atoms with Gasteiger partial charge in [-0.15, -0.1) is 0 Å². The predicted octanol–water partition coefficient (Wildman–Crippen LogP) is 1.31. The van der Waals surface area contributed by atoms with Crippen LogP contribution in [-0.4, -0.2) is 45.6 Å². The lowest BCUT2D eigenvalue weighted by atomic mass is 9.99. The molecule has 0 bridgehead atoms. The molecule has 1 aromatic heterocycles. The molecule has 1 aromatic rings. The molecule has 0 aromatic carbocycles. The molecule has 4 unspecified atom stereocenters. The van der Waals surface area contributed by atoms with Gasteiger partial charge in [-0.2, -0.15) is 18.3 Å². The second-order valence-electron chi connectivity index (χ2n) is 5.17. The average Bonchev–Trinajstić information content (AvgIpc) is 2.97. The van der Waals surface area contributed by atoms with Gasteiger partial charge in [-0.3, -0.25) is 4.79 Å². The summed E-state index contributed by atoms with van der Waals surface area (Å²) in [6, 6.07) is -1.93. The molecular formula is C12H17F3N4O2. The Kier molecular flexibility index (Phi) is 4.50. The molecule has 4 atom stereocenters. The van der Waals surface area contributed by atoms with E-state index in [0.717, 1.165) is 12.7 Å². The molecule has 6 nitrogen and oxygen atoms in total. The fourth-order valence-corrected chi connectivity index (χ4v) is 2.45. The van der Waals surface area contributed by atoms with E-state index in [1.165, 1.54) is 0 Å². The van der Waals surface area contributed by atoms with Gasteiger partial charge in [0.1, 0.15) is 12.7 Å². The number of ether oxygens (including phenoxy) is 1. The van der Waals surface area contributed by atoms with E-state index in [1.54, 1.807) is 6.92 Å². The van der Waals surface area contributed by atoms with E-state index in [2.05, 4.69) is 15.4 Å². The predicted molar refractivity (Wildman–Crippen MR) is 66.2 cm³/mol. The fraction of sp³-hybridized carbons (Fsp3) is 0.750. The standard InChI is InChI=1S/C12H17F3N4O2/c1-7-3-9(8(2)21-7)11(20)17-4-10(12(13,14)15)19-6-16-5-18-19/h5-10H,3-4H2,1-2H3,(H,17,20). The summed E-state index contributed by atoms with van der Waals surface area (Å²) in [4.78, 5) is 15.5. The van der Waals surface area contributed by atoms with E-state index in [0.29, 0.717) is 11.1 Å². The molecule has 2 heterocycles. The largest absolute Gasteiger partial charge is 0.412 e. The molecule has 1 N–H and O–H groups in total. The van der Waals surface area contributed by atoms with Gasteiger partial charge in [-0.05, 0) is 20.3 Å². The molecule has 0 saturated carbocycles. The number of hydrogen-bond donors (Lipinski definition) is 1. The zero-order chi connectivity index (χ0) is 15.6. The SMILES string of the molecule is CC1CC(C(=O)NCC(n2cncn2)C(F)(F)F)C(C)O1. The zero-order valence-corrected chi connectivity index (χ0v) is 11.7. The van der Waals surface area contributed by atoms with Crippen molar-refractivity contribution in [2.75, 3.05) is 6.54 Å². The molecule has 21 heavy (non-hydrogen) atoms. The summed E-state index contributed by atoms with van der Waals surface area (Å²) in [6.45, 7) is 2.99. The molecule has 1 saturated heterocycles. The van der Waals surface area contributed by atoms with Crippen molar-refractivity contribution in [1.29, 1.82) is 0 Å². The van der Waals surface area contributed by atoms with Crippen LogP contribution in [0.25, 0.3) is 0 Å². The number of amides is 1. The van der Waals surface area contributed by atoms with Crippen molar-refractivity contribution in [1.82, 2.24) is 20.1 Å². The van der Waals surface area contributed by atoms with Gasteiger partial charge < -0.3 is 10.1 Å². The lowest BCUT2D eigenvalue weighted by Gasteiger charge is -2.22. The van der Waals surface area contributed by atoms with Crippen molar-refractivity contribution >= 4 is 5.91 Å². The van der Waals surface area contributed by atoms with Gasteiger partial charge >= 0.3 is 6.18 Å². The fourth-order valence-electron chi connectivity index (χ4n) is 2.45. The summed E-state index contributed by atoms with van der Waals surface area (Å²) in [5.41, 5.74) is 0. The summed E-state index contributed by atoms with van der Waals surface area (Å²) in [6.07, 6.45) is -2.37. The summed E-state index contributed by atoms with van der Waals surface area (Å²) in [7, 11) is 0. The molecule has 1 aliphatic heterocycles. The third-order valence-corrected chi connectivity index (χ3v) is 3.54. The molecule has 0 radical (unpaired) electrons. The van der Waals surface area contributed by atoms with Crippen LogP contribution in [-0.2, 0) is 9.53 Å². The summed E-state index contributed by atoms with van der Waals surface area (Å²) in [5.74, 6) is -0.856. The highest BCUT2D eigenvalue weighted by atomic mass is 19.4. The van der Waals surface area contributed by atoms with Gasteiger partial charge in [0.25, 0.3) is 0 Å². The van der Waals surface area contributed by atoms with Crippen molar-refractivity contribution in [2.24, 2.45) is 5.92 Å². The Morgan fingerprint density at radius 1 is 1.52 bits per heavy atom. The Labute approximate surface area is 119 Å². The molecule has 1 aliphatic rings. The van der Waals surface area contributed by atoms with Crippen molar-refractivity contribution in [3.8, 4) is 0 Å². The van der Waals surface area contributed by atoms with E-state index in [-0.39, 0.29) is 12.2 Å². The zero-order valence-electron chi connectivity index (χ0n) is 11.7. The molecule has 2 rings (SSSR count). The van der Waals surface area contributed by atoms with Crippen molar-refractivity contribution in [3.05, 3.63) is 12.7 Å². The van der Waals surface area contributed by atoms with Crippen molar-refractivity contribution < 1.29 is 22.7 Å². The van der Waals surface area contributed by atoms with Gasteiger partial charge in [0.15, 0.2) is 6.04 Å². The first-order chi connectivity index (χ1) is 9.79. The molecule has 9 heteroatoms. The number of carbonyl (C=O) groups is 1. The van der Waals surface area contributed by atoms with Gasteiger partial charge in [0.05, 0.1) is 18.1 Å². The van der Waals surface area contributed by atoms with Crippen LogP contribution in [0.3, 0.4) is 0 Å². The number of halogens is 3. The van der Waals surface area contributed by atoms with Crippen LogP contribution in [0, 0.1) is 5.92 Å². The van der Waals surface area contributed by atoms with E-state index in [9.17, 15) is 18.0 Å². The third kappa shape index (κ3) is 3.72. The Morgan fingerprint density at radius 3 is 2.71 bits per heavy atom. The van der Waals surface area contributed by atoms with Crippen LogP contribution >= 0.6 is 0 Å². The van der Waals surface area contributed by atoms with Gasteiger partial charge in [0.2, 0.25) is 5.91 Å². The van der Waals surface area contributed by atoms with E-state index in [1.807, 2.05) is 6.92 Å². The first-order valence-corrected chi connectivity index (χ1v) is 6.63. The van der Waals surface area contributed by atoms with Crippen LogP contribution in [0.2, 0.25) is 0 Å². The highest BCUT2D eigenvalue weighted by Crippen LogP contribution is 2.30. The Bertz CT molecular complexity index is 477. The Morgan fingerprint density at radius 2 is 2.24 bits per heavy atom. The number of alkyl halides is 3. The second-order valence-corrected chi connectivity index (χ2v) is 5.17. The topological polar surface area (TPSA) is 69.0 Å². The number of rotatable bonds is 4. The molecule has 1 amide bonds. The lowest BCUT2D eigenvalue weighted by molar-refractivity contribution is -0.169. The normalized spacial score (nSPS) is 27.6. The van der Waals surface area contributed by atoms with Crippen LogP contribution in [0.1, 0.15) is 26.3 Å². The number of aromatic nitrogens is 3. The minimum absolute atomic E-state index is 0.0653. The quantitative estimate of drug-likeness (QED) is 0.910. The van der Waals surface area contributed by atoms with E-state index < -0.39 is 30.6 Å². The highest BCUT2D eigenvalue weighted by molar-refractivity contribution is 5.79. The third-order valence-electron chi connectivity index (χ3n) is 3.54. The van der Waals surface area contributed by atoms with Crippen LogP contribution in [0.4, 0.5) is 13.2 Å². The minimum Gasteiger partial charge on any atom is -0.375 e. The van der Waals surface area contributed by atoms with Gasteiger partial charge in [-0.25, -0.2) is 9.67 Å². The van der Waals surface area contributed by atoms with Crippen molar-refractivity contribution in [2.45, 2.75) is 44.7 Å². The number of carbonyl (C=O) groups excluding carboxylic acids is 1. The number of nitrogens with zero attached hydrogens (tertiary/aromatic N) is 3. The molecule has 0 aliphatic carbocycles. The van der Waals surface area contributed by atoms with Crippen LogP contribution in [0.5, 0.6) is 0 Å². The Hall–Kier alpha value is -1.64. The maximum absolute atomic E-state index is 13.0. The van der Waals surface area contributed by atoms with E-state index in [4.69, 9.17) is 4.74 Å². The van der Waals surface area contributed by atoms with Crippen molar-refractivity contribution in [3.63, 3.8) is 0 Å².